The van der Waals surface area contributed by atoms with Gasteiger partial charge < -0.3 is 20.3 Å². The zero-order chi connectivity index (χ0) is 23.5. The van der Waals surface area contributed by atoms with Gasteiger partial charge in [0.15, 0.2) is 0 Å². The van der Waals surface area contributed by atoms with Crippen LogP contribution >= 0.6 is 0 Å². The molecular weight excluding hydrogens is 398 g/mol. The van der Waals surface area contributed by atoms with Crippen LogP contribution in [0.4, 0.5) is 0 Å². The predicted molar refractivity (Wildman–Crippen MR) is 133 cm³/mol. The molecule has 0 unspecified atom stereocenters. The largest absolute Gasteiger partial charge is 0.489 e. The normalized spacial score (nSPS) is 25.1. The van der Waals surface area contributed by atoms with Crippen LogP contribution in [0.3, 0.4) is 0 Å². The SMILES string of the molecule is CC#CC[C@H](C)[C@H](O)C=C[C@@H]1[C@H]2c3cccc(CCCC)c3O[C@H]2C[C@H]1O.CCNCC. The monoisotopic (exact) mass is 441 g/mol. The van der Waals surface area contributed by atoms with E-state index in [1.54, 1.807) is 0 Å². The molecular formula is C28H43NO3. The van der Waals surface area contributed by atoms with E-state index in [0.29, 0.717) is 12.8 Å². The number of fused-ring (bicyclic) bond motifs is 3. The molecule has 6 atom stereocenters. The Morgan fingerprint density at radius 1 is 1.25 bits per heavy atom. The fourth-order valence-corrected chi connectivity index (χ4v) is 4.60. The Kier molecular flexibility index (Phi) is 11.3. The van der Waals surface area contributed by atoms with Gasteiger partial charge in [-0.3, -0.25) is 0 Å². The number of rotatable bonds is 9. The highest BCUT2D eigenvalue weighted by Gasteiger charge is 2.48. The van der Waals surface area contributed by atoms with Gasteiger partial charge in [-0.1, -0.05) is 64.5 Å². The maximum Gasteiger partial charge on any atom is 0.126 e. The number of unbranched alkanes of at least 4 members (excludes halogenated alkanes) is 1. The van der Waals surface area contributed by atoms with E-state index < -0.39 is 12.2 Å². The third-order valence-electron chi connectivity index (χ3n) is 6.50. The zero-order valence-electron chi connectivity index (χ0n) is 20.6. The Morgan fingerprint density at radius 2 is 2.00 bits per heavy atom. The smallest absolute Gasteiger partial charge is 0.126 e. The van der Waals surface area contributed by atoms with Gasteiger partial charge in [-0.2, -0.15) is 0 Å². The van der Waals surface area contributed by atoms with E-state index in [2.05, 4.69) is 56.1 Å². The lowest BCUT2D eigenvalue weighted by Gasteiger charge is -2.19. The van der Waals surface area contributed by atoms with Crippen LogP contribution in [-0.2, 0) is 6.42 Å². The molecule has 0 saturated heterocycles. The lowest BCUT2D eigenvalue weighted by Crippen LogP contribution is -2.19. The minimum absolute atomic E-state index is 0.0169. The Morgan fingerprint density at radius 3 is 2.62 bits per heavy atom. The van der Waals surface area contributed by atoms with Crippen LogP contribution in [-0.4, -0.2) is 41.6 Å². The van der Waals surface area contributed by atoms with E-state index in [1.165, 1.54) is 17.5 Å². The van der Waals surface area contributed by atoms with E-state index in [-0.39, 0.29) is 23.9 Å². The highest BCUT2D eigenvalue weighted by Crippen LogP contribution is 2.52. The molecule has 1 heterocycles. The molecule has 0 bridgehead atoms. The minimum atomic E-state index is -0.546. The van der Waals surface area contributed by atoms with Crippen molar-refractivity contribution in [3.63, 3.8) is 0 Å². The van der Waals surface area contributed by atoms with Gasteiger partial charge in [0.2, 0.25) is 0 Å². The van der Waals surface area contributed by atoms with Crippen molar-refractivity contribution in [3.05, 3.63) is 41.5 Å². The number of hydrogen-bond acceptors (Lipinski definition) is 4. The van der Waals surface area contributed by atoms with Crippen LogP contribution in [0.15, 0.2) is 30.4 Å². The van der Waals surface area contributed by atoms with Gasteiger partial charge in [0.1, 0.15) is 11.9 Å². The lowest BCUT2D eigenvalue weighted by atomic mass is 9.86. The summed E-state index contributed by atoms with van der Waals surface area (Å²) in [6.07, 6.45) is 7.60. The summed E-state index contributed by atoms with van der Waals surface area (Å²) in [5, 5.41) is 24.1. The molecule has 1 aromatic carbocycles. The van der Waals surface area contributed by atoms with Gasteiger partial charge >= 0.3 is 0 Å². The molecule has 32 heavy (non-hydrogen) atoms. The first kappa shape index (κ1) is 26.5. The van der Waals surface area contributed by atoms with Crippen molar-refractivity contribution in [2.75, 3.05) is 13.1 Å². The van der Waals surface area contributed by atoms with Crippen LogP contribution in [0, 0.1) is 23.7 Å². The summed E-state index contributed by atoms with van der Waals surface area (Å²) in [7, 11) is 0. The maximum absolute atomic E-state index is 10.6. The van der Waals surface area contributed by atoms with Gasteiger partial charge in [-0.15, -0.1) is 11.8 Å². The molecule has 0 spiro atoms. The number of ether oxygens (including phenoxy) is 1. The minimum Gasteiger partial charge on any atom is -0.489 e. The van der Waals surface area contributed by atoms with Gasteiger partial charge in [-0.25, -0.2) is 0 Å². The number of aliphatic hydroxyl groups excluding tert-OH is 2. The molecule has 4 heteroatoms. The number of benzene rings is 1. The molecule has 0 amide bonds. The molecule has 1 aliphatic carbocycles. The fraction of sp³-hybridized carbons (Fsp3) is 0.643. The number of aryl methyl sites for hydroxylation is 1. The number of aliphatic hydroxyl groups is 2. The Balaban J connectivity index is 0.000000654. The molecule has 4 nitrogen and oxygen atoms in total. The second-order valence-electron chi connectivity index (χ2n) is 8.94. The summed E-state index contributed by atoms with van der Waals surface area (Å²) in [5.41, 5.74) is 2.51. The number of hydrogen-bond donors (Lipinski definition) is 3. The van der Waals surface area contributed by atoms with Gasteiger partial charge in [0, 0.05) is 30.2 Å². The van der Waals surface area contributed by atoms with E-state index in [4.69, 9.17) is 4.74 Å². The highest BCUT2D eigenvalue weighted by molar-refractivity contribution is 5.49. The van der Waals surface area contributed by atoms with Crippen molar-refractivity contribution >= 4 is 0 Å². The second-order valence-corrected chi connectivity index (χ2v) is 8.94. The first-order chi connectivity index (χ1) is 15.5. The van der Waals surface area contributed by atoms with Crippen LogP contribution in [0.1, 0.15) is 77.3 Å². The number of nitrogens with one attached hydrogen (secondary N) is 1. The summed E-state index contributed by atoms with van der Waals surface area (Å²) in [5.74, 6) is 7.18. The van der Waals surface area contributed by atoms with E-state index in [9.17, 15) is 10.2 Å². The average molecular weight is 442 g/mol. The molecule has 1 aliphatic heterocycles. The fourth-order valence-electron chi connectivity index (χ4n) is 4.60. The number of para-hydroxylation sites is 1. The Labute approximate surface area is 195 Å². The average Bonchev–Trinajstić information content (AvgIpc) is 3.30. The van der Waals surface area contributed by atoms with Gasteiger partial charge in [-0.05, 0) is 44.3 Å². The highest BCUT2D eigenvalue weighted by atomic mass is 16.5. The van der Waals surface area contributed by atoms with Gasteiger partial charge in [0.25, 0.3) is 0 Å². The lowest BCUT2D eigenvalue weighted by molar-refractivity contribution is 0.134. The second kappa shape index (κ2) is 13.7. The van der Waals surface area contributed by atoms with Gasteiger partial charge in [0.05, 0.1) is 12.2 Å². The molecule has 1 aromatic rings. The van der Waals surface area contributed by atoms with Crippen molar-refractivity contribution in [2.24, 2.45) is 11.8 Å². The van der Waals surface area contributed by atoms with E-state index in [1.807, 2.05) is 26.0 Å². The molecule has 1 saturated carbocycles. The van der Waals surface area contributed by atoms with Crippen molar-refractivity contribution in [3.8, 4) is 17.6 Å². The predicted octanol–water partition coefficient (Wildman–Crippen LogP) is 4.84. The van der Waals surface area contributed by atoms with E-state index in [0.717, 1.165) is 31.7 Å². The van der Waals surface area contributed by atoms with Crippen molar-refractivity contribution in [1.82, 2.24) is 5.32 Å². The van der Waals surface area contributed by atoms with Crippen molar-refractivity contribution < 1.29 is 14.9 Å². The summed E-state index contributed by atoms with van der Waals surface area (Å²) < 4.78 is 6.29. The molecule has 3 rings (SSSR count). The van der Waals surface area contributed by atoms with Crippen LogP contribution in [0.25, 0.3) is 0 Å². The molecule has 178 valence electrons. The summed E-state index contributed by atoms with van der Waals surface area (Å²) in [6, 6.07) is 6.42. The molecule has 0 radical (unpaired) electrons. The quantitative estimate of drug-likeness (QED) is 0.379. The van der Waals surface area contributed by atoms with Crippen LogP contribution in [0.2, 0.25) is 0 Å². The molecule has 3 N–H and O–H groups in total. The Hall–Kier alpha value is -1.80. The molecule has 0 aromatic heterocycles. The zero-order valence-corrected chi connectivity index (χ0v) is 20.6. The third kappa shape index (κ3) is 6.85. The summed E-state index contributed by atoms with van der Waals surface area (Å²) >= 11 is 0. The standard InChI is InChI=1S/C24H32O3.C4H11N/c1-4-6-9-16(3)20(25)14-13-18-21(26)15-22-23(18)19-12-8-11-17(10-7-5-2)24(19)27-22;1-3-5-4-2/h8,11-14,16,18,20-23,25-26H,5,7,9-10,15H2,1-3H3;5H,3-4H2,1-2H3/t16-,18-,20+,21+,22-,23-;/m0./s1. The topological polar surface area (TPSA) is 61.7 Å². The third-order valence-corrected chi connectivity index (χ3v) is 6.50. The maximum atomic E-state index is 10.6. The van der Waals surface area contributed by atoms with E-state index >= 15 is 0 Å². The van der Waals surface area contributed by atoms with Crippen molar-refractivity contribution in [1.29, 1.82) is 0 Å². The van der Waals surface area contributed by atoms with Crippen LogP contribution in [0.5, 0.6) is 5.75 Å². The first-order valence-electron chi connectivity index (χ1n) is 12.4. The van der Waals surface area contributed by atoms with Crippen molar-refractivity contribution in [2.45, 2.75) is 91.0 Å². The molecule has 2 aliphatic rings. The van der Waals surface area contributed by atoms with Crippen LogP contribution < -0.4 is 10.1 Å². The Bertz CT molecular complexity index is 777. The summed E-state index contributed by atoms with van der Waals surface area (Å²) in [6.45, 7) is 12.4. The summed E-state index contributed by atoms with van der Waals surface area (Å²) in [4.78, 5) is 0. The first-order valence-corrected chi connectivity index (χ1v) is 12.4. The molecule has 1 fully saturated rings.